The highest BCUT2D eigenvalue weighted by molar-refractivity contribution is 5.93. The second-order valence-corrected chi connectivity index (χ2v) is 7.99. The summed E-state index contributed by atoms with van der Waals surface area (Å²) in [7, 11) is 0. The standard InChI is InChI=1S/C21H30N6O2/c1-16(2)27-8-4-6-18(27)21(28)24-17-5-3-7-26(14-17)20-13-19(22-15-23-20)25-9-11-29-12-10-25/h4,6,8,13,15-17H,3,5,7,9-12,14H2,1-2H3,(H,24,28)/t17-/m0/s1. The molecule has 2 saturated heterocycles. The van der Waals surface area contributed by atoms with Crippen molar-refractivity contribution in [3.63, 3.8) is 0 Å². The van der Waals surface area contributed by atoms with Crippen molar-refractivity contribution >= 4 is 17.5 Å². The molecule has 2 aliphatic heterocycles. The number of hydrogen-bond acceptors (Lipinski definition) is 6. The van der Waals surface area contributed by atoms with Crippen LogP contribution in [0, 0.1) is 0 Å². The molecule has 0 radical (unpaired) electrons. The lowest BCUT2D eigenvalue weighted by atomic mass is 10.1. The number of hydrogen-bond donors (Lipinski definition) is 1. The fourth-order valence-corrected chi connectivity index (χ4v) is 4.07. The third-order valence-electron chi connectivity index (χ3n) is 5.62. The molecule has 0 unspecified atom stereocenters. The molecule has 8 nitrogen and oxygen atoms in total. The van der Waals surface area contributed by atoms with Crippen molar-refractivity contribution in [1.29, 1.82) is 0 Å². The van der Waals surface area contributed by atoms with Crippen LogP contribution in [0.1, 0.15) is 43.2 Å². The Hall–Kier alpha value is -2.61. The Balaban J connectivity index is 1.42. The van der Waals surface area contributed by atoms with Crippen LogP contribution >= 0.6 is 0 Å². The van der Waals surface area contributed by atoms with Gasteiger partial charge in [0, 0.05) is 50.5 Å². The molecule has 1 atom stereocenters. The molecule has 2 aromatic rings. The average Bonchev–Trinajstić information content (AvgIpc) is 3.25. The van der Waals surface area contributed by atoms with Gasteiger partial charge in [-0.1, -0.05) is 0 Å². The summed E-state index contributed by atoms with van der Waals surface area (Å²) in [5.41, 5.74) is 0.716. The van der Waals surface area contributed by atoms with Crippen molar-refractivity contribution in [2.75, 3.05) is 49.2 Å². The van der Waals surface area contributed by atoms with Gasteiger partial charge in [0.15, 0.2) is 0 Å². The minimum absolute atomic E-state index is 0.00718. The minimum Gasteiger partial charge on any atom is -0.378 e. The molecule has 8 heteroatoms. The molecule has 0 bridgehead atoms. The highest BCUT2D eigenvalue weighted by Crippen LogP contribution is 2.22. The molecule has 2 aromatic heterocycles. The van der Waals surface area contributed by atoms with Gasteiger partial charge in [-0.2, -0.15) is 0 Å². The average molecular weight is 399 g/mol. The number of carbonyl (C=O) groups excluding carboxylic acids is 1. The van der Waals surface area contributed by atoms with Crippen molar-refractivity contribution in [2.24, 2.45) is 0 Å². The maximum absolute atomic E-state index is 12.8. The van der Waals surface area contributed by atoms with Gasteiger partial charge < -0.3 is 24.4 Å². The Morgan fingerprint density at radius 3 is 2.69 bits per heavy atom. The zero-order valence-electron chi connectivity index (χ0n) is 17.3. The number of rotatable bonds is 5. The smallest absolute Gasteiger partial charge is 0.268 e. The van der Waals surface area contributed by atoms with Gasteiger partial charge in [-0.05, 0) is 38.8 Å². The van der Waals surface area contributed by atoms with Gasteiger partial charge in [0.1, 0.15) is 23.7 Å². The molecule has 0 aliphatic carbocycles. The first-order valence-corrected chi connectivity index (χ1v) is 10.5. The van der Waals surface area contributed by atoms with Gasteiger partial charge >= 0.3 is 0 Å². The summed E-state index contributed by atoms with van der Waals surface area (Å²) in [4.78, 5) is 26.2. The second kappa shape index (κ2) is 8.82. The number of amides is 1. The molecule has 0 aromatic carbocycles. The van der Waals surface area contributed by atoms with E-state index in [1.165, 1.54) is 0 Å². The largest absolute Gasteiger partial charge is 0.378 e. The van der Waals surface area contributed by atoms with E-state index < -0.39 is 0 Å². The Kier molecular flexibility index (Phi) is 5.99. The summed E-state index contributed by atoms with van der Waals surface area (Å²) in [6.45, 7) is 9.03. The van der Waals surface area contributed by atoms with Gasteiger partial charge in [0.05, 0.1) is 13.2 Å². The van der Waals surface area contributed by atoms with Crippen LogP contribution in [0.25, 0.3) is 0 Å². The van der Waals surface area contributed by atoms with E-state index in [-0.39, 0.29) is 18.0 Å². The van der Waals surface area contributed by atoms with E-state index in [2.05, 4.69) is 45.0 Å². The summed E-state index contributed by atoms with van der Waals surface area (Å²) < 4.78 is 7.44. The number of nitrogens with one attached hydrogen (secondary N) is 1. The van der Waals surface area contributed by atoms with Crippen molar-refractivity contribution in [1.82, 2.24) is 19.9 Å². The van der Waals surface area contributed by atoms with Crippen LogP contribution in [0.3, 0.4) is 0 Å². The first-order chi connectivity index (χ1) is 14.1. The monoisotopic (exact) mass is 398 g/mol. The third kappa shape index (κ3) is 4.53. The van der Waals surface area contributed by atoms with E-state index in [1.54, 1.807) is 6.33 Å². The Labute approximate surface area is 171 Å². The number of ether oxygens (including phenoxy) is 1. The summed E-state index contributed by atoms with van der Waals surface area (Å²) >= 11 is 0. The van der Waals surface area contributed by atoms with Crippen molar-refractivity contribution < 1.29 is 9.53 Å². The molecular weight excluding hydrogens is 368 g/mol. The van der Waals surface area contributed by atoms with Gasteiger partial charge in [-0.15, -0.1) is 0 Å². The van der Waals surface area contributed by atoms with E-state index in [1.807, 2.05) is 22.9 Å². The molecule has 29 heavy (non-hydrogen) atoms. The molecule has 156 valence electrons. The van der Waals surface area contributed by atoms with Crippen molar-refractivity contribution in [3.05, 3.63) is 36.4 Å². The van der Waals surface area contributed by atoms with E-state index in [4.69, 9.17) is 4.74 Å². The van der Waals surface area contributed by atoms with E-state index in [0.717, 1.165) is 63.9 Å². The summed E-state index contributed by atoms with van der Waals surface area (Å²) in [5.74, 6) is 1.86. The zero-order chi connectivity index (χ0) is 20.2. The molecule has 4 rings (SSSR count). The first-order valence-electron chi connectivity index (χ1n) is 10.5. The number of carbonyl (C=O) groups is 1. The maximum atomic E-state index is 12.8. The topological polar surface area (TPSA) is 75.5 Å². The third-order valence-corrected chi connectivity index (χ3v) is 5.62. The number of morpholine rings is 1. The fourth-order valence-electron chi connectivity index (χ4n) is 4.07. The highest BCUT2D eigenvalue weighted by Gasteiger charge is 2.25. The van der Waals surface area contributed by atoms with E-state index >= 15 is 0 Å². The van der Waals surface area contributed by atoms with Crippen LogP contribution < -0.4 is 15.1 Å². The van der Waals surface area contributed by atoms with E-state index in [0.29, 0.717) is 5.69 Å². The van der Waals surface area contributed by atoms with Gasteiger partial charge in [0.25, 0.3) is 5.91 Å². The zero-order valence-corrected chi connectivity index (χ0v) is 17.3. The summed E-state index contributed by atoms with van der Waals surface area (Å²) in [6.07, 6.45) is 5.59. The van der Waals surface area contributed by atoms with Gasteiger partial charge in [0.2, 0.25) is 0 Å². The normalized spacial score (nSPS) is 20.2. The molecule has 1 amide bonds. The Morgan fingerprint density at radius 1 is 1.17 bits per heavy atom. The fraction of sp³-hybridized carbons (Fsp3) is 0.571. The van der Waals surface area contributed by atoms with Crippen LogP contribution in [-0.2, 0) is 4.74 Å². The second-order valence-electron chi connectivity index (χ2n) is 7.99. The van der Waals surface area contributed by atoms with Crippen molar-refractivity contribution in [2.45, 2.75) is 38.8 Å². The quantitative estimate of drug-likeness (QED) is 0.831. The number of nitrogens with zero attached hydrogens (tertiary/aromatic N) is 5. The molecular formula is C21H30N6O2. The minimum atomic E-state index is -0.00718. The molecule has 0 saturated carbocycles. The lowest BCUT2D eigenvalue weighted by Crippen LogP contribution is -2.48. The molecule has 4 heterocycles. The van der Waals surface area contributed by atoms with Crippen LogP contribution in [0.2, 0.25) is 0 Å². The lowest BCUT2D eigenvalue weighted by Gasteiger charge is -2.34. The van der Waals surface area contributed by atoms with Crippen LogP contribution in [-0.4, -0.2) is 65.9 Å². The maximum Gasteiger partial charge on any atom is 0.268 e. The number of aromatic nitrogens is 3. The van der Waals surface area contributed by atoms with E-state index in [9.17, 15) is 4.79 Å². The van der Waals surface area contributed by atoms with Crippen LogP contribution in [0.5, 0.6) is 0 Å². The summed E-state index contributed by atoms with van der Waals surface area (Å²) in [5, 5.41) is 3.22. The highest BCUT2D eigenvalue weighted by atomic mass is 16.5. The Bertz CT molecular complexity index is 830. The molecule has 1 N–H and O–H groups in total. The van der Waals surface area contributed by atoms with Gasteiger partial charge in [-0.25, -0.2) is 9.97 Å². The Morgan fingerprint density at radius 2 is 1.93 bits per heavy atom. The van der Waals surface area contributed by atoms with Crippen LogP contribution in [0.15, 0.2) is 30.7 Å². The lowest BCUT2D eigenvalue weighted by molar-refractivity contribution is 0.0922. The predicted molar refractivity (Wildman–Crippen MR) is 113 cm³/mol. The SMILES string of the molecule is CC(C)n1cccc1C(=O)N[C@H]1CCCN(c2cc(N3CCOCC3)ncn2)C1. The van der Waals surface area contributed by atoms with Crippen molar-refractivity contribution in [3.8, 4) is 0 Å². The van der Waals surface area contributed by atoms with Gasteiger partial charge in [-0.3, -0.25) is 4.79 Å². The number of anilines is 2. The first kappa shape index (κ1) is 19.7. The molecule has 0 spiro atoms. The molecule has 2 fully saturated rings. The summed E-state index contributed by atoms with van der Waals surface area (Å²) in [6, 6.07) is 6.23. The van der Waals surface area contributed by atoms with Crippen LogP contribution in [0.4, 0.5) is 11.6 Å². The molecule has 2 aliphatic rings. The predicted octanol–water partition coefficient (Wildman–Crippen LogP) is 2.09. The number of piperidine rings is 1.